The highest BCUT2D eigenvalue weighted by molar-refractivity contribution is 6.30. The molecule has 4 heterocycles. The van der Waals surface area contributed by atoms with Crippen molar-refractivity contribution in [1.29, 1.82) is 0 Å². The van der Waals surface area contributed by atoms with Crippen LogP contribution in [0.4, 0.5) is 0 Å². The van der Waals surface area contributed by atoms with Gasteiger partial charge in [0.15, 0.2) is 23.3 Å². The molecular weight excluding hydrogens is 1050 g/mol. The van der Waals surface area contributed by atoms with Gasteiger partial charge in [0.05, 0.1) is 0 Å². The van der Waals surface area contributed by atoms with E-state index in [-0.39, 0.29) is 10.6 Å². The number of benzene rings is 13. The van der Waals surface area contributed by atoms with Gasteiger partial charge >= 0.3 is 0 Å². The van der Waals surface area contributed by atoms with Crippen molar-refractivity contribution in [2.75, 3.05) is 0 Å². The van der Waals surface area contributed by atoms with Gasteiger partial charge in [-0.2, -0.15) is 19.9 Å². The summed E-state index contributed by atoms with van der Waals surface area (Å²) in [5, 5.41) is 17.9. The standard InChI is InChI=1S/C72H38Cl2N6O2/c73-71-77-67(42-24-29-52-51-27-21-40(39-11-2-1-3-12-39)33-58(51)48-14-4-5-15-49(48)59(52)34-42)75-69(79-71)44-26-32-63-61(36-44)55-30-22-41(37-64(55)82-63)46-18-10-19-57-60-35-43(23-28-50(60)47-13-6-7-17-56(47)66(46)57)68-76-70(80-72(74)78-68)45-25-31-54-53-16-8-9-20-62(53)81-65(54)38-45/h1-38H. The van der Waals surface area contributed by atoms with Crippen LogP contribution in [0, 0.1) is 0 Å². The Morgan fingerprint density at radius 2 is 0.585 bits per heavy atom. The number of fused-ring (bicyclic) bond motifs is 18. The summed E-state index contributed by atoms with van der Waals surface area (Å²) >= 11 is 13.5. The van der Waals surface area contributed by atoms with Crippen molar-refractivity contribution in [1.82, 2.24) is 29.9 Å². The molecule has 0 N–H and O–H groups in total. The fourth-order valence-corrected chi connectivity index (χ4v) is 12.8. The van der Waals surface area contributed by atoms with Crippen molar-refractivity contribution in [2.24, 2.45) is 0 Å². The van der Waals surface area contributed by atoms with Crippen LogP contribution in [0.2, 0.25) is 10.6 Å². The molecule has 0 fully saturated rings. The number of rotatable bonds is 6. The molecule has 0 aliphatic rings. The topological polar surface area (TPSA) is 104 Å². The molecule has 8 nitrogen and oxygen atoms in total. The first kappa shape index (κ1) is 46.5. The van der Waals surface area contributed by atoms with E-state index in [1.165, 1.54) is 27.3 Å². The van der Waals surface area contributed by atoms with Crippen molar-refractivity contribution in [3.05, 3.63) is 241 Å². The zero-order valence-electron chi connectivity index (χ0n) is 43.2. The second-order valence-electron chi connectivity index (χ2n) is 20.8. The Morgan fingerprint density at radius 3 is 1.20 bits per heavy atom. The Labute approximate surface area is 476 Å². The van der Waals surface area contributed by atoms with Gasteiger partial charge < -0.3 is 8.83 Å². The Morgan fingerprint density at radius 1 is 0.220 bits per heavy atom. The maximum atomic E-state index is 6.78. The minimum absolute atomic E-state index is 0.107. The highest BCUT2D eigenvalue weighted by Crippen LogP contribution is 2.44. The molecular formula is C72H38Cl2N6O2. The van der Waals surface area contributed by atoms with Crippen LogP contribution in [0.3, 0.4) is 0 Å². The SMILES string of the molecule is Clc1nc(-c2ccc3oc4cc(-c5cccc6c7cc(-c8nc(Cl)nc(-c9ccc%10c(c9)oc9ccccc9%10)n8)ccc7c7ccccc7c56)ccc4c3c2)nc(-c2ccc3c4ccc(-c5ccccc5)cc4c4ccccc4c3c2)n1. The van der Waals surface area contributed by atoms with E-state index in [0.29, 0.717) is 23.3 Å². The van der Waals surface area contributed by atoms with Gasteiger partial charge in [0.1, 0.15) is 22.3 Å². The second-order valence-corrected chi connectivity index (χ2v) is 21.5. The maximum absolute atomic E-state index is 6.78. The third-order valence-electron chi connectivity index (χ3n) is 16.2. The van der Waals surface area contributed by atoms with Crippen molar-refractivity contribution < 1.29 is 8.83 Å². The minimum atomic E-state index is 0.107. The van der Waals surface area contributed by atoms with Crippen LogP contribution in [-0.2, 0) is 0 Å². The van der Waals surface area contributed by atoms with Gasteiger partial charge in [0.25, 0.3) is 0 Å². The van der Waals surface area contributed by atoms with Gasteiger partial charge in [0.2, 0.25) is 10.6 Å². The molecule has 0 saturated heterocycles. The lowest BCUT2D eigenvalue weighted by Gasteiger charge is -2.15. The monoisotopic (exact) mass is 1090 g/mol. The predicted molar refractivity (Wildman–Crippen MR) is 335 cm³/mol. The number of nitrogens with zero attached hydrogens (tertiary/aromatic N) is 6. The number of halogens is 2. The maximum Gasteiger partial charge on any atom is 0.226 e. The minimum Gasteiger partial charge on any atom is -0.456 e. The zero-order valence-corrected chi connectivity index (χ0v) is 44.7. The van der Waals surface area contributed by atoms with Crippen molar-refractivity contribution in [2.45, 2.75) is 0 Å². The summed E-state index contributed by atoms with van der Waals surface area (Å²) in [6.45, 7) is 0. The van der Waals surface area contributed by atoms with Gasteiger partial charge in [-0.05, 0) is 177 Å². The molecule has 0 aliphatic heterocycles. The molecule has 0 spiro atoms. The Kier molecular flexibility index (Phi) is 10.3. The molecule has 82 heavy (non-hydrogen) atoms. The smallest absolute Gasteiger partial charge is 0.226 e. The molecule has 0 aliphatic carbocycles. The zero-order chi connectivity index (χ0) is 54.2. The van der Waals surface area contributed by atoms with E-state index < -0.39 is 0 Å². The first-order valence-corrected chi connectivity index (χ1v) is 27.7. The second kappa shape index (κ2) is 18.1. The van der Waals surface area contributed by atoms with E-state index in [0.717, 1.165) is 126 Å². The Bertz CT molecular complexity index is 5560. The average Bonchev–Trinajstić information content (AvgIpc) is 3.94. The lowest BCUT2D eigenvalue weighted by molar-refractivity contribution is 0.668. The number of furan rings is 2. The highest BCUT2D eigenvalue weighted by atomic mass is 35.5. The molecule has 13 aromatic carbocycles. The highest BCUT2D eigenvalue weighted by Gasteiger charge is 2.20. The fourth-order valence-electron chi connectivity index (χ4n) is 12.5. The van der Waals surface area contributed by atoms with Gasteiger partial charge in [0, 0.05) is 43.8 Å². The molecule has 0 bridgehead atoms. The van der Waals surface area contributed by atoms with Gasteiger partial charge in [-0.15, -0.1) is 0 Å². The summed E-state index contributed by atoms with van der Waals surface area (Å²) < 4.78 is 12.9. The summed E-state index contributed by atoms with van der Waals surface area (Å²) in [6, 6.07) is 80.3. The largest absolute Gasteiger partial charge is 0.456 e. The van der Waals surface area contributed by atoms with Crippen LogP contribution < -0.4 is 0 Å². The number of hydrogen-bond acceptors (Lipinski definition) is 8. The van der Waals surface area contributed by atoms with Crippen LogP contribution in [0.25, 0.3) is 176 Å². The summed E-state index contributed by atoms with van der Waals surface area (Å²) in [6.07, 6.45) is 0. The van der Waals surface area contributed by atoms with E-state index in [9.17, 15) is 0 Å². The van der Waals surface area contributed by atoms with E-state index in [1.54, 1.807) is 0 Å². The van der Waals surface area contributed by atoms with Crippen molar-refractivity contribution >= 4 is 132 Å². The van der Waals surface area contributed by atoms with Crippen LogP contribution in [0.1, 0.15) is 0 Å². The predicted octanol–water partition coefficient (Wildman–Crippen LogP) is 20.1. The number of para-hydroxylation sites is 1. The Hall–Kier alpha value is -10.4. The van der Waals surface area contributed by atoms with Crippen LogP contribution in [0.15, 0.2) is 239 Å². The third kappa shape index (κ3) is 7.39. The van der Waals surface area contributed by atoms with Gasteiger partial charge in [-0.1, -0.05) is 164 Å². The molecule has 10 heteroatoms. The number of hydrogen-bond donors (Lipinski definition) is 0. The molecule has 0 radical (unpaired) electrons. The molecule has 4 aromatic heterocycles. The average molecular weight is 1090 g/mol. The fraction of sp³-hybridized carbons (Fsp3) is 0. The van der Waals surface area contributed by atoms with E-state index in [4.69, 9.17) is 42.0 Å². The van der Waals surface area contributed by atoms with Crippen LogP contribution in [-0.4, -0.2) is 29.9 Å². The van der Waals surface area contributed by atoms with Crippen molar-refractivity contribution in [3.8, 4) is 67.8 Å². The normalized spacial score (nSPS) is 12.0. The summed E-state index contributed by atoms with van der Waals surface area (Å²) in [5.74, 6) is 1.90. The summed E-state index contributed by atoms with van der Waals surface area (Å²) in [7, 11) is 0. The lowest BCUT2D eigenvalue weighted by atomic mass is 9.88. The molecule has 0 amide bonds. The first-order chi connectivity index (χ1) is 40.4. The molecule has 382 valence electrons. The van der Waals surface area contributed by atoms with Gasteiger partial charge in [-0.3, -0.25) is 0 Å². The summed E-state index contributed by atoms with van der Waals surface area (Å²) in [4.78, 5) is 28.6. The molecule has 17 rings (SSSR count). The molecule has 17 aromatic rings. The quantitative estimate of drug-likeness (QED) is 0.152. The first-order valence-electron chi connectivity index (χ1n) is 26.9. The summed E-state index contributed by atoms with van der Waals surface area (Å²) in [5.41, 5.74) is 10.8. The van der Waals surface area contributed by atoms with Gasteiger partial charge in [-0.25, -0.2) is 9.97 Å². The Balaban J connectivity index is 0.735. The molecule has 0 atom stereocenters. The third-order valence-corrected chi connectivity index (χ3v) is 16.6. The van der Waals surface area contributed by atoms with Crippen LogP contribution >= 0.6 is 23.2 Å². The van der Waals surface area contributed by atoms with E-state index >= 15 is 0 Å². The molecule has 0 saturated carbocycles. The van der Waals surface area contributed by atoms with Crippen molar-refractivity contribution in [3.63, 3.8) is 0 Å². The lowest BCUT2D eigenvalue weighted by Crippen LogP contribution is -1.97. The van der Waals surface area contributed by atoms with Crippen LogP contribution in [0.5, 0.6) is 0 Å². The molecule has 0 unspecified atom stereocenters. The number of aromatic nitrogens is 6. The van der Waals surface area contributed by atoms with E-state index in [2.05, 4.69) is 196 Å². The van der Waals surface area contributed by atoms with E-state index in [1.807, 2.05) is 54.6 Å².